The van der Waals surface area contributed by atoms with Gasteiger partial charge in [-0.05, 0) is 78.4 Å². The van der Waals surface area contributed by atoms with E-state index in [2.05, 4.69) is 33.1 Å². The van der Waals surface area contributed by atoms with Crippen LogP contribution in [-0.2, 0) is 27.1 Å². The highest BCUT2D eigenvalue weighted by Gasteiger charge is 2.39. The van der Waals surface area contributed by atoms with E-state index in [-0.39, 0.29) is 11.9 Å². The van der Waals surface area contributed by atoms with E-state index < -0.39 is 28.8 Å². The lowest BCUT2D eigenvalue weighted by Crippen LogP contribution is -2.47. The Labute approximate surface area is 208 Å². The van der Waals surface area contributed by atoms with Gasteiger partial charge < -0.3 is 14.8 Å². The number of unbranched alkanes of at least 4 members (excludes halogenated alkanes) is 1. The quantitative estimate of drug-likeness (QED) is 0.317. The zero-order chi connectivity index (χ0) is 26.3. The first-order valence-electron chi connectivity index (χ1n) is 12.1. The van der Waals surface area contributed by atoms with E-state index in [1.54, 1.807) is 41.5 Å². The van der Waals surface area contributed by atoms with Crippen LogP contribution in [0.2, 0.25) is 0 Å². The maximum atomic E-state index is 12.8. The van der Waals surface area contributed by atoms with Crippen molar-refractivity contribution in [1.29, 1.82) is 0 Å². The van der Waals surface area contributed by atoms with E-state index in [0.717, 1.165) is 12.8 Å². The Morgan fingerprint density at radius 1 is 0.886 bits per heavy atom. The van der Waals surface area contributed by atoms with Crippen LogP contribution >= 0.6 is 0 Å². The summed E-state index contributed by atoms with van der Waals surface area (Å²) >= 11 is 0. The molecule has 9 heteroatoms. The molecule has 194 valence electrons. The molecule has 3 amide bonds. The number of guanidine groups is 1. The van der Waals surface area contributed by atoms with Crippen LogP contribution in [-0.4, -0.2) is 48.3 Å². The van der Waals surface area contributed by atoms with Crippen LogP contribution in [0.1, 0.15) is 72.4 Å². The van der Waals surface area contributed by atoms with Crippen molar-refractivity contribution in [3.8, 4) is 0 Å². The number of nitrogens with one attached hydrogen (secondary N) is 3. The molecule has 2 rings (SSSR count). The van der Waals surface area contributed by atoms with Crippen LogP contribution < -0.4 is 16.0 Å². The second kappa shape index (κ2) is 11.6. The number of amides is 3. The molecule has 0 aromatic heterocycles. The monoisotopic (exact) mass is 488 g/mol. The molecule has 0 heterocycles. The predicted octanol–water partition coefficient (Wildman–Crippen LogP) is 4.09. The Kier molecular flexibility index (Phi) is 9.29. The van der Waals surface area contributed by atoms with Gasteiger partial charge in [-0.15, -0.1) is 0 Å². The van der Waals surface area contributed by atoms with Crippen LogP contribution in [0.15, 0.2) is 29.3 Å². The molecule has 1 aromatic carbocycles. The average molecular weight is 489 g/mol. The minimum Gasteiger partial charge on any atom is -0.444 e. The third-order valence-electron chi connectivity index (χ3n) is 5.21. The van der Waals surface area contributed by atoms with Gasteiger partial charge in [0.15, 0.2) is 0 Å². The van der Waals surface area contributed by atoms with Crippen LogP contribution in [0.5, 0.6) is 0 Å². The van der Waals surface area contributed by atoms with Gasteiger partial charge in [-0.3, -0.25) is 20.4 Å². The molecule has 1 aliphatic rings. The number of hydrogen-bond donors (Lipinski definition) is 3. The minimum absolute atomic E-state index is 0.0474. The Morgan fingerprint density at radius 2 is 1.37 bits per heavy atom. The summed E-state index contributed by atoms with van der Waals surface area (Å²) in [6, 6.07) is 8.18. The van der Waals surface area contributed by atoms with Gasteiger partial charge >= 0.3 is 12.2 Å². The molecule has 0 saturated carbocycles. The maximum Gasteiger partial charge on any atom is 0.414 e. The normalized spacial score (nSPS) is 14.4. The SMILES string of the molecule is CC(C)(C)OC(=O)NC(=NCCCCNC(=O)C1(C)Cc2ccccc2C1)NC(=O)OC(C)(C)C. The summed E-state index contributed by atoms with van der Waals surface area (Å²) in [6.45, 7) is 13.3. The van der Waals surface area contributed by atoms with Crippen molar-refractivity contribution in [1.82, 2.24) is 16.0 Å². The van der Waals surface area contributed by atoms with Crippen LogP contribution in [0, 0.1) is 5.41 Å². The molecule has 35 heavy (non-hydrogen) atoms. The Bertz CT molecular complexity index is 887. The molecule has 0 bridgehead atoms. The highest BCUT2D eigenvalue weighted by atomic mass is 16.6. The predicted molar refractivity (Wildman–Crippen MR) is 135 cm³/mol. The third kappa shape index (κ3) is 9.96. The number of fused-ring (bicyclic) bond motifs is 1. The van der Waals surface area contributed by atoms with Crippen molar-refractivity contribution < 1.29 is 23.9 Å². The fraction of sp³-hybridized carbons (Fsp3) is 0.615. The standard InChI is InChI=1S/C26H40N4O5/c1-24(2,3)34-22(32)29-21(30-23(33)35-25(4,5)6)28-15-11-10-14-27-20(31)26(7)16-18-12-8-9-13-19(18)17-26/h8-9,12-13H,10-11,14-17H2,1-7H3,(H,27,31)(H2,28,29,30,32,33). The smallest absolute Gasteiger partial charge is 0.414 e. The number of rotatable bonds is 6. The highest BCUT2D eigenvalue weighted by Crippen LogP contribution is 2.36. The first kappa shape index (κ1) is 28.1. The molecular weight excluding hydrogens is 448 g/mol. The molecule has 0 saturated heterocycles. The number of benzene rings is 1. The Hall–Kier alpha value is -3.10. The summed E-state index contributed by atoms with van der Waals surface area (Å²) in [5.41, 5.74) is 0.653. The lowest BCUT2D eigenvalue weighted by Gasteiger charge is -2.22. The highest BCUT2D eigenvalue weighted by molar-refractivity contribution is 6.01. The number of carbonyl (C=O) groups is 3. The lowest BCUT2D eigenvalue weighted by molar-refractivity contribution is -0.129. The van der Waals surface area contributed by atoms with E-state index in [0.29, 0.717) is 25.9 Å². The summed E-state index contributed by atoms with van der Waals surface area (Å²) in [7, 11) is 0. The average Bonchev–Trinajstić information content (AvgIpc) is 3.04. The second-order valence-corrected chi connectivity index (χ2v) is 11.1. The molecule has 0 fully saturated rings. The van der Waals surface area contributed by atoms with Crippen LogP contribution in [0.3, 0.4) is 0 Å². The Balaban J connectivity index is 1.82. The fourth-order valence-corrected chi connectivity index (χ4v) is 3.72. The fourth-order valence-electron chi connectivity index (χ4n) is 3.72. The molecule has 0 radical (unpaired) electrons. The van der Waals surface area contributed by atoms with Crippen LogP contribution in [0.4, 0.5) is 9.59 Å². The number of alkyl carbamates (subject to hydrolysis) is 2. The van der Waals surface area contributed by atoms with Crippen LogP contribution in [0.25, 0.3) is 0 Å². The van der Waals surface area contributed by atoms with Crippen molar-refractivity contribution in [2.45, 2.75) is 85.4 Å². The van der Waals surface area contributed by atoms with Gasteiger partial charge in [0.05, 0.1) is 5.41 Å². The van der Waals surface area contributed by atoms with E-state index >= 15 is 0 Å². The van der Waals surface area contributed by atoms with Crippen molar-refractivity contribution in [3.05, 3.63) is 35.4 Å². The Morgan fingerprint density at radius 3 is 1.83 bits per heavy atom. The number of carbonyl (C=O) groups excluding carboxylic acids is 3. The van der Waals surface area contributed by atoms with E-state index in [1.807, 2.05) is 19.1 Å². The third-order valence-corrected chi connectivity index (χ3v) is 5.21. The number of nitrogens with zero attached hydrogens (tertiary/aromatic N) is 1. The van der Waals surface area contributed by atoms with Gasteiger partial charge in [-0.1, -0.05) is 31.2 Å². The number of ether oxygens (including phenoxy) is 2. The van der Waals surface area contributed by atoms with Crippen molar-refractivity contribution in [3.63, 3.8) is 0 Å². The second-order valence-electron chi connectivity index (χ2n) is 11.1. The van der Waals surface area contributed by atoms with Crippen molar-refractivity contribution in [2.24, 2.45) is 10.4 Å². The van der Waals surface area contributed by atoms with E-state index in [4.69, 9.17) is 9.47 Å². The van der Waals surface area contributed by atoms with Crippen molar-refractivity contribution in [2.75, 3.05) is 13.1 Å². The molecule has 3 N–H and O–H groups in total. The molecule has 0 atom stereocenters. The molecule has 0 aliphatic heterocycles. The minimum atomic E-state index is -0.731. The van der Waals surface area contributed by atoms with Gasteiger partial charge in [0.1, 0.15) is 11.2 Å². The van der Waals surface area contributed by atoms with Gasteiger partial charge in [-0.25, -0.2) is 9.59 Å². The largest absolute Gasteiger partial charge is 0.444 e. The summed E-state index contributed by atoms with van der Waals surface area (Å²) in [6.07, 6.45) is 1.37. The van der Waals surface area contributed by atoms with Gasteiger partial charge in [-0.2, -0.15) is 0 Å². The maximum absolute atomic E-state index is 12.8. The molecular formula is C26H40N4O5. The molecule has 0 unspecified atom stereocenters. The molecule has 1 aliphatic carbocycles. The van der Waals surface area contributed by atoms with E-state index in [9.17, 15) is 14.4 Å². The number of aliphatic imine (C=N–C) groups is 1. The summed E-state index contributed by atoms with van der Waals surface area (Å²) in [4.78, 5) is 41.3. The summed E-state index contributed by atoms with van der Waals surface area (Å²) in [5, 5.41) is 7.95. The van der Waals surface area contributed by atoms with E-state index in [1.165, 1.54) is 11.1 Å². The zero-order valence-corrected chi connectivity index (χ0v) is 22.0. The molecule has 0 spiro atoms. The molecule has 1 aromatic rings. The van der Waals surface area contributed by atoms with Gasteiger partial charge in [0.2, 0.25) is 11.9 Å². The summed E-state index contributed by atoms with van der Waals surface area (Å²) < 4.78 is 10.5. The lowest BCUT2D eigenvalue weighted by atomic mass is 9.86. The number of hydrogen-bond acceptors (Lipinski definition) is 6. The van der Waals surface area contributed by atoms with Gasteiger partial charge in [0.25, 0.3) is 0 Å². The first-order chi connectivity index (χ1) is 16.2. The van der Waals surface area contributed by atoms with Crippen molar-refractivity contribution >= 4 is 24.1 Å². The zero-order valence-electron chi connectivity index (χ0n) is 22.0. The van der Waals surface area contributed by atoms with Gasteiger partial charge in [0, 0.05) is 13.1 Å². The topological polar surface area (TPSA) is 118 Å². The summed E-state index contributed by atoms with van der Waals surface area (Å²) in [5.74, 6) is 0.00448. The first-order valence-corrected chi connectivity index (χ1v) is 12.1. The molecule has 9 nitrogen and oxygen atoms in total.